The molecule has 1 aliphatic heterocycles. The van der Waals surface area contributed by atoms with E-state index in [0.717, 1.165) is 49.8 Å². The van der Waals surface area contributed by atoms with Gasteiger partial charge in [0.05, 0.1) is 13.2 Å². The van der Waals surface area contributed by atoms with Gasteiger partial charge in [-0.1, -0.05) is 29.8 Å². The van der Waals surface area contributed by atoms with Crippen LogP contribution < -0.4 is 10.1 Å². The Morgan fingerprint density at radius 1 is 1.12 bits per heavy atom. The van der Waals surface area contributed by atoms with E-state index in [2.05, 4.69) is 22.3 Å². The molecule has 1 fully saturated rings. The van der Waals surface area contributed by atoms with Crippen molar-refractivity contribution in [3.63, 3.8) is 0 Å². The number of amides is 1. The molecule has 1 aliphatic rings. The highest BCUT2D eigenvalue weighted by Gasteiger charge is 2.11. The van der Waals surface area contributed by atoms with Crippen molar-refractivity contribution in [2.75, 3.05) is 38.2 Å². The zero-order chi connectivity index (χ0) is 18.4. The summed E-state index contributed by atoms with van der Waals surface area (Å²) in [4.78, 5) is 14.5. The lowest BCUT2D eigenvalue weighted by Gasteiger charge is -2.26. The quantitative estimate of drug-likeness (QED) is 0.866. The summed E-state index contributed by atoms with van der Waals surface area (Å²) in [6, 6.07) is 13.9. The van der Waals surface area contributed by atoms with Gasteiger partial charge in [-0.2, -0.15) is 0 Å². The molecule has 0 bridgehead atoms. The molecule has 0 aromatic heterocycles. The fourth-order valence-electron chi connectivity index (χ4n) is 3.01. The van der Waals surface area contributed by atoms with Crippen molar-refractivity contribution in [2.24, 2.45) is 0 Å². The number of ether oxygens (including phenoxy) is 2. The van der Waals surface area contributed by atoms with E-state index in [9.17, 15) is 4.79 Å². The molecule has 26 heavy (non-hydrogen) atoms. The maximum absolute atomic E-state index is 12.1. The van der Waals surface area contributed by atoms with Crippen molar-refractivity contribution in [1.82, 2.24) is 4.90 Å². The molecule has 2 aromatic carbocycles. The molecule has 1 amide bonds. The Kier molecular flexibility index (Phi) is 6.26. The van der Waals surface area contributed by atoms with Gasteiger partial charge in [0.2, 0.25) is 0 Å². The molecule has 1 N–H and O–H groups in total. The van der Waals surface area contributed by atoms with E-state index in [1.807, 2.05) is 44.2 Å². The van der Waals surface area contributed by atoms with Crippen LogP contribution in [0.25, 0.3) is 0 Å². The summed E-state index contributed by atoms with van der Waals surface area (Å²) in [6.45, 7) is 8.46. The molecule has 138 valence electrons. The van der Waals surface area contributed by atoms with Gasteiger partial charge >= 0.3 is 0 Å². The molecular weight excluding hydrogens is 328 g/mol. The minimum Gasteiger partial charge on any atom is -0.483 e. The molecule has 1 heterocycles. The number of morpholine rings is 1. The zero-order valence-corrected chi connectivity index (χ0v) is 15.5. The lowest BCUT2D eigenvalue weighted by atomic mass is 10.1. The largest absolute Gasteiger partial charge is 0.483 e. The Morgan fingerprint density at radius 2 is 1.85 bits per heavy atom. The predicted octanol–water partition coefficient (Wildman–Crippen LogP) is 3.15. The van der Waals surface area contributed by atoms with Crippen molar-refractivity contribution >= 4 is 11.6 Å². The molecular formula is C21H26N2O3. The van der Waals surface area contributed by atoms with E-state index in [-0.39, 0.29) is 12.5 Å². The van der Waals surface area contributed by atoms with Crippen LogP contribution in [-0.2, 0) is 16.1 Å². The predicted molar refractivity (Wildman–Crippen MR) is 103 cm³/mol. The number of anilines is 1. The van der Waals surface area contributed by atoms with Gasteiger partial charge in [-0.15, -0.1) is 0 Å². The summed E-state index contributed by atoms with van der Waals surface area (Å²) < 4.78 is 11.0. The summed E-state index contributed by atoms with van der Waals surface area (Å²) in [5.41, 5.74) is 4.23. The number of carbonyl (C=O) groups is 1. The minimum absolute atomic E-state index is 0.000565. The maximum atomic E-state index is 12.1. The van der Waals surface area contributed by atoms with Crippen molar-refractivity contribution in [2.45, 2.75) is 20.4 Å². The number of nitrogens with one attached hydrogen (secondary N) is 1. The van der Waals surface area contributed by atoms with E-state index < -0.39 is 0 Å². The van der Waals surface area contributed by atoms with Gasteiger partial charge in [0, 0.05) is 25.3 Å². The maximum Gasteiger partial charge on any atom is 0.262 e. The Labute approximate surface area is 154 Å². The fourth-order valence-corrected chi connectivity index (χ4v) is 3.01. The third kappa shape index (κ3) is 5.31. The highest BCUT2D eigenvalue weighted by molar-refractivity contribution is 5.91. The smallest absolute Gasteiger partial charge is 0.262 e. The van der Waals surface area contributed by atoms with Crippen molar-refractivity contribution < 1.29 is 14.3 Å². The number of hydrogen-bond acceptors (Lipinski definition) is 4. The molecule has 2 aromatic rings. The lowest BCUT2D eigenvalue weighted by molar-refractivity contribution is -0.118. The number of hydrogen-bond donors (Lipinski definition) is 1. The second kappa shape index (κ2) is 8.83. The molecule has 0 atom stereocenters. The highest BCUT2D eigenvalue weighted by atomic mass is 16.5. The van der Waals surface area contributed by atoms with Crippen LogP contribution in [-0.4, -0.2) is 43.7 Å². The lowest BCUT2D eigenvalue weighted by Crippen LogP contribution is -2.35. The van der Waals surface area contributed by atoms with Gasteiger partial charge in [-0.05, 0) is 43.2 Å². The molecule has 0 unspecified atom stereocenters. The van der Waals surface area contributed by atoms with E-state index >= 15 is 0 Å². The third-order valence-corrected chi connectivity index (χ3v) is 4.44. The standard InChI is InChI=1S/C21H26N2O3/c1-16-3-8-20(17(2)13-16)26-15-21(24)22-19-6-4-18(5-7-19)14-23-9-11-25-12-10-23/h3-8,13H,9-12,14-15H2,1-2H3,(H,22,24). The van der Waals surface area contributed by atoms with Crippen LogP contribution in [0.3, 0.4) is 0 Å². The number of carbonyl (C=O) groups excluding carboxylic acids is 1. The summed E-state index contributed by atoms with van der Waals surface area (Å²) in [5, 5.41) is 2.88. The molecule has 0 spiro atoms. The SMILES string of the molecule is Cc1ccc(OCC(=O)Nc2ccc(CN3CCOCC3)cc2)c(C)c1. The van der Waals surface area contributed by atoms with Crippen LogP contribution >= 0.6 is 0 Å². The van der Waals surface area contributed by atoms with Gasteiger partial charge in [0.1, 0.15) is 5.75 Å². The summed E-state index contributed by atoms with van der Waals surface area (Å²) in [7, 11) is 0. The highest BCUT2D eigenvalue weighted by Crippen LogP contribution is 2.19. The molecule has 3 rings (SSSR count). The van der Waals surface area contributed by atoms with Crippen molar-refractivity contribution in [3.8, 4) is 5.75 Å². The number of aryl methyl sites for hydroxylation is 2. The van der Waals surface area contributed by atoms with E-state index in [4.69, 9.17) is 9.47 Å². The van der Waals surface area contributed by atoms with Crippen LogP contribution in [0.15, 0.2) is 42.5 Å². The molecule has 5 nitrogen and oxygen atoms in total. The summed E-state index contributed by atoms with van der Waals surface area (Å²) >= 11 is 0. The number of rotatable bonds is 6. The Hall–Kier alpha value is -2.37. The molecule has 5 heteroatoms. The van der Waals surface area contributed by atoms with Gasteiger partial charge < -0.3 is 14.8 Å². The average molecular weight is 354 g/mol. The van der Waals surface area contributed by atoms with Crippen molar-refractivity contribution in [1.29, 1.82) is 0 Å². The molecule has 0 radical (unpaired) electrons. The first-order valence-electron chi connectivity index (χ1n) is 8.99. The van der Waals surface area contributed by atoms with Crippen LogP contribution in [0.1, 0.15) is 16.7 Å². The first kappa shape index (κ1) is 18.4. The van der Waals surface area contributed by atoms with Crippen molar-refractivity contribution in [3.05, 3.63) is 59.2 Å². The zero-order valence-electron chi connectivity index (χ0n) is 15.5. The first-order chi connectivity index (χ1) is 12.6. The second-order valence-electron chi connectivity index (χ2n) is 6.69. The average Bonchev–Trinajstić information content (AvgIpc) is 2.63. The molecule has 1 saturated heterocycles. The monoisotopic (exact) mass is 354 g/mol. The van der Waals surface area contributed by atoms with E-state index in [0.29, 0.717) is 0 Å². The topological polar surface area (TPSA) is 50.8 Å². The van der Waals surface area contributed by atoms with Gasteiger partial charge in [-0.3, -0.25) is 9.69 Å². The Morgan fingerprint density at radius 3 is 2.54 bits per heavy atom. The summed E-state index contributed by atoms with van der Waals surface area (Å²) in [5.74, 6) is 0.581. The van der Waals surface area contributed by atoms with Crippen LogP contribution in [0.2, 0.25) is 0 Å². The van der Waals surface area contributed by atoms with Crippen LogP contribution in [0.4, 0.5) is 5.69 Å². The van der Waals surface area contributed by atoms with Gasteiger partial charge in [0.15, 0.2) is 6.61 Å². The fraction of sp³-hybridized carbons (Fsp3) is 0.381. The molecule has 0 saturated carbocycles. The number of benzene rings is 2. The van der Waals surface area contributed by atoms with E-state index in [1.54, 1.807) is 0 Å². The summed E-state index contributed by atoms with van der Waals surface area (Å²) in [6.07, 6.45) is 0. The normalized spacial score (nSPS) is 14.8. The first-order valence-corrected chi connectivity index (χ1v) is 8.99. The molecule has 0 aliphatic carbocycles. The van der Waals surface area contributed by atoms with Crippen LogP contribution in [0, 0.1) is 13.8 Å². The van der Waals surface area contributed by atoms with Gasteiger partial charge in [-0.25, -0.2) is 0 Å². The van der Waals surface area contributed by atoms with Crippen LogP contribution in [0.5, 0.6) is 5.75 Å². The number of nitrogens with zero attached hydrogens (tertiary/aromatic N) is 1. The third-order valence-electron chi connectivity index (χ3n) is 4.44. The second-order valence-corrected chi connectivity index (χ2v) is 6.69. The van der Waals surface area contributed by atoms with E-state index in [1.165, 1.54) is 11.1 Å². The van der Waals surface area contributed by atoms with Gasteiger partial charge in [0.25, 0.3) is 5.91 Å². The Bertz CT molecular complexity index is 737. The minimum atomic E-state index is -0.161. The Balaban J connectivity index is 1.47.